The molecule has 1 amide bonds. The van der Waals surface area contributed by atoms with Crippen LogP contribution in [0.5, 0.6) is 5.75 Å². The Morgan fingerprint density at radius 2 is 1.72 bits per heavy atom. The number of nitrogens with one attached hydrogen (secondary N) is 1. The SMILES string of the molecule is Cc1ccc(S(=O)(=O)Nc2ccc(OC3CCN(C(=O)OC(C)(C)C)CC3)c(F)c2)cc1. The number of anilines is 1. The molecule has 1 aliphatic rings. The van der Waals surface area contributed by atoms with Gasteiger partial charge < -0.3 is 14.4 Å². The zero-order chi connectivity index (χ0) is 23.5. The van der Waals surface area contributed by atoms with E-state index in [4.69, 9.17) is 9.47 Å². The second kappa shape index (κ2) is 9.36. The van der Waals surface area contributed by atoms with Crippen molar-refractivity contribution in [2.24, 2.45) is 0 Å². The van der Waals surface area contributed by atoms with E-state index in [2.05, 4.69) is 4.72 Å². The van der Waals surface area contributed by atoms with Crippen LogP contribution in [0.15, 0.2) is 47.4 Å². The lowest BCUT2D eigenvalue weighted by molar-refractivity contribution is 0.0123. The van der Waals surface area contributed by atoms with Gasteiger partial charge in [-0.25, -0.2) is 17.6 Å². The van der Waals surface area contributed by atoms with E-state index in [1.165, 1.54) is 24.3 Å². The summed E-state index contributed by atoms with van der Waals surface area (Å²) in [6.07, 6.45) is 0.465. The Morgan fingerprint density at radius 1 is 1.09 bits per heavy atom. The summed E-state index contributed by atoms with van der Waals surface area (Å²) < 4.78 is 53.1. The zero-order valence-corrected chi connectivity index (χ0v) is 19.5. The molecule has 1 heterocycles. The van der Waals surface area contributed by atoms with Crippen molar-refractivity contribution in [1.29, 1.82) is 0 Å². The lowest BCUT2D eigenvalue weighted by Gasteiger charge is -2.33. The third-order valence-electron chi connectivity index (χ3n) is 4.90. The highest BCUT2D eigenvalue weighted by Crippen LogP contribution is 2.27. The molecule has 1 N–H and O–H groups in total. The maximum atomic E-state index is 14.6. The zero-order valence-electron chi connectivity index (χ0n) is 18.7. The van der Waals surface area contributed by atoms with E-state index in [-0.39, 0.29) is 28.5 Å². The number of aryl methyl sites for hydroxylation is 1. The van der Waals surface area contributed by atoms with Gasteiger partial charge in [-0.2, -0.15) is 0 Å². The van der Waals surface area contributed by atoms with Gasteiger partial charge in [0.2, 0.25) is 0 Å². The summed E-state index contributed by atoms with van der Waals surface area (Å²) >= 11 is 0. The average molecular weight is 465 g/mol. The first-order valence-electron chi connectivity index (χ1n) is 10.5. The van der Waals surface area contributed by atoms with Gasteiger partial charge >= 0.3 is 6.09 Å². The highest BCUT2D eigenvalue weighted by atomic mass is 32.2. The molecule has 32 heavy (non-hydrogen) atoms. The molecule has 1 aliphatic heterocycles. The number of amides is 1. The maximum Gasteiger partial charge on any atom is 0.410 e. The van der Waals surface area contributed by atoms with Gasteiger partial charge in [-0.1, -0.05) is 17.7 Å². The average Bonchev–Trinajstić information content (AvgIpc) is 2.69. The Hall–Kier alpha value is -2.81. The first kappa shape index (κ1) is 23.8. The van der Waals surface area contributed by atoms with E-state index in [9.17, 15) is 17.6 Å². The van der Waals surface area contributed by atoms with Crippen molar-refractivity contribution >= 4 is 21.8 Å². The summed E-state index contributed by atoms with van der Waals surface area (Å²) in [4.78, 5) is 13.9. The minimum absolute atomic E-state index is 0.0407. The second-order valence-electron chi connectivity index (χ2n) is 8.85. The Balaban J connectivity index is 1.58. The molecular weight excluding hydrogens is 435 g/mol. The van der Waals surface area contributed by atoms with Gasteiger partial charge in [0, 0.05) is 32.0 Å². The molecule has 1 saturated heterocycles. The molecule has 2 aromatic carbocycles. The number of ether oxygens (including phenoxy) is 2. The van der Waals surface area contributed by atoms with Gasteiger partial charge in [-0.05, 0) is 52.0 Å². The monoisotopic (exact) mass is 464 g/mol. The normalized spacial score (nSPS) is 15.3. The molecule has 3 rings (SSSR count). The van der Waals surface area contributed by atoms with Crippen LogP contribution in [0, 0.1) is 12.7 Å². The number of nitrogens with zero attached hydrogens (tertiary/aromatic N) is 1. The smallest absolute Gasteiger partial charge is 0.410 e. The number of carbonyl (C=O) groups excluding carboxylic acids is 1. The third-order valence-corrected chi connectivity index (χ3v) is 6.30. The Bertz CT molecular complexity index is 1060. The quantitative estimate of drug-likeness (QED) is 0.693. The van der Waals surface area contributed by atoms with Crippen LogP contribution in [0.1, 0.15) is 39.2 Å². The van der Waals surface area contributed by atoms with Crippen LogP contribution in [0.3, 0.4) is 0 Å². The van der Waals surface area contributed by atoms with Crippen LogP contribution >= 0.6 is 0 Å². The van der Waals surface area contributed by atoms with Crippen LogP contribution in [0.4, 0.5) is 14.9 Å². The number of benzene rings is 2. The maximum absolute atomic E-state index is 14.6. The van der Waals surface area contributed by atoms with Crippen LogP contribution in [-0.4, -0.2) is 44.2 Å². The van der Waals surface area contributed by atoms with E-state index < -0.39 is 21.4 Å². The fraction of sp³-hybridized carbons (Fsp3) is 0.435. The fourth-order valence-corrected chi connectivity index (χ4v) is 4.30. The molecule has 0 saturated carbocycles. The molecule has 0 aliphatic carbocycles. The van der Waals surface area contributed by atoms with E-state index >= 15 is 0 Å². The first-order chi connectivity index (χ1) is 14.9. The van der Waals surface area contributed by atoms with E-state index in [0.29, 0.717) is 25.9 Å². The lowest BCUT2D eigenvalue weighted by atomic mass is 10.1. The van der Waals surface area contributed by atoms with Gasteiger partial charge in [0.05, 0.1) is 10.6 Å². The fourth-order valence-electron chi connectivity index (χ4n) is 3.25. The van der Waals surface area contributed by atoms with Crippen molar-refractivity contribution in [3.8, 4) is 5.75 Å². The molecule has 0 unspecified atom stereocenters. The van der Waals surface area contributed by atoms with Crippen LogP contribution in [0.25, 0.3) is 0 Å². The van der Waals surface area contributed by atoms with Crippen molar-refractivity contribution in [2.45, 2.75) is 57.1 Å². The number of carbonyl (C=O) groups is 1. The number of sulfonamides is 1. The summed E-state index contributed by atoms with van der Waals surface area (Å²) in [5.41, 5.74) is 0.486. The van der Waals surface area contributed by atoms with E-state index in [1.54, 1.807) is 17.0 Å². The minimum atomic E-state index is -3.82. The molecule has 0 bridgehead atoms. The van der Waals surface area contributed by atoms with Gasteiger partial charge in [0.1, 0.15) is 11.7 Å². The Labute approximate surface area is 188 Å². The third kappa shape index (κ3) is 6.35. The van der Waals surface area contributed by atoms with Gasteiger partial charge in [-0.3, -0.25) is 4.72 Å². The molecule has 0 radical (unpaired) electrons. The number of likely N-dealkylation sites (tertiary alicyclic amines) is 1. The number of piperidine rings is 1. The summed E-state index contributed by atoms with van der Waals surface area (Å²) in [5, 5.41) is 0. The Kier molecular flexibility index (Phi) is 6.97. The standard InChI is InChI=1S/C23H29FN2O5S/c1-16-5-8-19(9-6-16)32(28,29)25-17-7-10-21(20(24)15-17)30-18-11-13-26(14-12-18)22(27)31-23(2,3)4/h5-10,15,18,25H,11-14H2,1-4H3. The van der Waals surface area contributed by atoms with Crippen molar-refractivity contribution < 1.29 is 27.1 Å². The summed E-state index contributed by atoms with van der Waals surface area (Å²) in [5.74, 6) is -0.623. The number of rotatable bonds is 5. The molecule has 0 spiro atoms. The second-order valence-corrected chi connectivity index (χ2v) is 10.5. The van der Waals surface area contributed by atoms with Crippen molar-refractivity contribution in [3.63, 3.8) is 0 Å². The van der Waals surface area contributed by atoms with Crippen molar-refractivity contribution in [3.05, 3.63) is 53.8 Å². The number of halogens is 1. The highest BCUT2D eigenvalue weighted by Gasteiger charge is 2.28. The van der Waals surface area contributed by atoms with Crippen LogP contribution in [0.2, 0.25) is 0 Å². The van der Waals surface area contributed by atoms with Crippen LogP contribution in [-0.2, 0) is 14.8 Å². The number of hydrogen-bond acceptors (Lipinski definition) is 5. The van der Waals surface area contributed by atoms with Gasteiger partial charge in [0.25, 0.3) is 10.0 Å². The molecule has 2 aromatic rings. The molecule has 7 nitrogen and oxygen atoms in total. The largest absolute Gasteiger partial charge is 0.487 e. The minimum Gasteiger partial charge on any atom is -0.487 e. The molecule has 9 heteroatoms. The topological polar surface area (TPSA) is 84.9 Å². The predicted molar refractivity (Wildman–Crippen MR) is 120 cm³/mol. The van der Waals surface area contributed by atoms with Crippen molar-refractivity contribution in [1.82, 2.24) is 4.90 Å². The summed E-state index contributed by atoms with van der Waals surface area (Å²) in [7, 11) is -3.82. The molecule has 0 atom stereocenters. The summed E-state index contributed by atoms with van der Waals surface area (Å²) in [6.45, 7) is 8.21. The first-order valence-corrected chi connectivity index (χ1v) is 11.9. The summed E-state index contributed by atoms with van der Waals surface area (Å²) in [6, 6.07) is 10.3. The predicted octanol–water partition coefficient (Wildman–Crippen LogP) is 4.71. The lowest BCUT2D eigenvalue weighted by Crippen LogP contribution is -2.44. The molecule has 174 valence electrons. The molecule has 0 aromatic heterocycles. The van der Waals surface area contributed by atoms with Gasteiger partial charge in [-0.15, -0.1) is 0 Å². The van der Waals surface area contributed by atoms with Crippen LogP contribution < -0.4 is 9.46 Å². The molecular formula is C23H29FN2O5S. The highest BCUT2D eigenvalue weighted by molar-refractivity contribution is 7.92. The van der Waals surface area contributed by atoms with Gasteiger partial charge in [0.15, 0.2) is 11.6 Å². The molecule has 1 fully saturated rings. The van der Waals surface area contributed by atoms with Crippen molar-refractivity contribution in [2.75, 3.05) is 17.8 Å². The number of hydrogen-bond donors (Lipinski definition) is 1. The van der Waals surface area contributed by atoms with E-state index in [1.807, 2.05) is 27.7 Å². The Morgan fingerprint density at radius 3 is 2.28 bits per heavy atom. The van der Waals surface area contributed by atoms with E-state index in [0.717, 1.165) is 11.6 Å².